The Bertz CT molecular complexity index is 329. The van der Waals surface area contributed by atoms with Crippen LogP contribution in [0.5, 0.6) is 0 Å². The molecule has 1 aromatic rings. The number of benzene rings is 1. The minimum atomic E-state index is -4.30. The van der Waals surface area contributed by atoms with Crippen LogP contribution in [0, 0.1) is 0 Å². The summed E-state index contributed by atoms with van der Waals surface area (Å²) in [6.45, 7) is 3.61. The fourth-order valence-electron chi connectivity index (χ4n) is 1.16. The molecule has 0 aliphatic heterocycles. The summed E-state index contributed by atoms with van der Waals surface area (Å²) < 4.78 is 37.0. The van der Waals surface area contributed by atoms with E-state index >= 15 is 0 Å². The van der Waals surface area contributed by atoms with Crippen LogP contribution in [0.1, 0.15) is 30.9 Å². The lowest BCUT2D eigenvalue weighted by Crippen LogP contribution is -2.06. The molecule has 0 atom stereocenters. The van der Waals surface area contributed by atoms with Crippen LogP contribution in [0.4, 0.5) is 13.2 Å². The van der Waals surface area contributed by atoms with Gasteiger partial charge in [-0.1, -0.05) is 25.4 Å². The van der Waals surface area contributed by atoms with Gasteiger partial charge < -0.3 is 0 Å². The summed E-state index contributed by atoms with van der Waals surface area (Å²) in [5.74, 6) is -0.00944. The monoisotopic (exact) mass is 222 g/mol. The maximum absolute atomic E-state index is 12.3. The highest BCUT2D eigenvalue weighted by molar-refractivity contribution is 6.31. The molecule has 0 amide bonds. The highest BCUT2D eigenvalue weighted by Gasteiger charge is 2.31. The molecule has 14 heavy (non-hydrogen) atoms. The third kappa shape index (κ3) is 2.41. The highest BCUT2D eigenvalue weighted by Crippen LogP contribution is 2.33. The number of hydrogen-bond acceptors (Lipinski definition) is 0. The van der Waals surface area contributed by atoms with Crippen LogP contribution < -0.4 is 0 Å². The molecule has 0 spiro atoms. The Labute approximate surface area is 85.7 Å². The molecule has 78 valence electrons. The van der Waals surface area contributed by atoms with Gasteiger partial charge in [-0.3, -0.25) is 0 Å². The van der Waals surface area contributed by atoms with Crippen molar-refractivity contribution in [2.45, 2.75) is 25.9 Å². The summed E-state index contributed by atoms with van der Waals surface area (Å²) in [6.07, 6.45) is -4.30. The van der Waals surface area contributed by atoms with Crippen molar-refractivity contribution in [2.24, 2.45) is 0 Å². The molecule has 0 N–H and O–H groups in total. The van der Waals surface area contributed by atoms with Crippen molar-refractivity contribution in [3.63, 3.8) is 0 Å². The first-order valence-electron chi connectivity index (χ1n) is 4.19. The molecule has 1 rings (SSSR count). The molecule has 0 heterocycles. The molecule has 1 aromatic carbocycles. The zero-order valence-electron chi connectivity index (χ0n) is 7.82. The standard InChI is InChI=1S/C10H10ClF3/c1-6(2)8-5-7(10(12,13)14)3-4-9(8)11/h3-6H,1-2H3. The average molecular weight is 223 g/mol. The van der Waals surface area contributed by atoms with Crippen LogP contribution in [0.15, 0.2) is 18.2 Å². The Kier molecular flexibility index (Phi) is 3.10. The fourth-order valence-corrected chi connectivity index (χ4v) is 1.50. The second-order valence-corrected chi connectivity index (χ2v) is 3.80. The van der Waals surface area contributed by atoms with Gasteiger partial charge in [-0.05, 0) is 29.7 Å². The Hall–Kier alpha value is -0.700. The van der Waals surface area contributed by atoms with Gasteiger partial charge in [0, 0.05) is 5.02 Å². The van der Waals surface area contributed by atoms with Crippen molar-refractivity contribution in [1.29, 1.82) is 0 Å². The van der Waals surface area contributed by atoms with Gasteiger partial charge in [-0.2, -0.15) is 13.2 Å². The molecule has 0 saturated carbocycles. The van der Waals surface area contributed by atoms with Crippen LogP contribution in [0.3, 0.4) is 0 Å². The molecular formula is C10H10ClF3. The van der Waals surface area contributed by atoms with Crippen molar-refractivity contribution < 1.29 is 13.2 Å². The summed E-state index contributed by atoms with van der Waals surface area (Å²) in [7, 11) is 0. The van der Waals surface area contributed by atoms with E-state index in [2.05, 4.69) is 0 Å². The molecule has 0 aliphatic carbocycles. The normalized spacial score (nSPS) is 12.2. The summed E-state index contributed by atoms with van der Waals surface area (Å²) in [5.41, 5.74) is -0.118. The molecule has 0 bridgehead atoms. The Morgan fingerprint density at radius 1 is 1.21 bits per heavy atom. The Morgan fingerprint density at radius 3 is 2.21 bits per heavy atom. The molecular weight excluding hydrogens is 213 g/mol. The summed E-state index contributed by atoms with van der Waals surface area (Å²) >= 11 is 5.77. The summed E-state index contributed by atoms with van der Waals surface area (Å²) in [6, 6.07) is 3.39. The van der Waals surface area contributed by atoms with Crippen molar-refractivity contribution in [1.82, 2.24) is 0 Å². The van der Waals surface area contributed by atoms with Gasteiger partial charge in [0.1, 0.15) is 0 Å². The van der Waals surface area contributed by atoms with Crippen molar-refractivity contribution >= 4 is 11.6 Å². The zero-order chi connectivity index (χ0) is 10.9. The lowest BCUT2D eigenvalue weighted by molar-refractivity contribution is -0.137. The van der Waals surface area contributed by atoms with E-state index in [0.717, 1.165) is 12.1 Å². The lowest BCUT2D eigenvalue weighted by Gasteiger charge is -2.12. The van der Waals surface area contributed by atoms with E-state index in [1.54, 1.807) is 13.8 Å². The van der Waals surface area contributed by atoms with Gasteiger partial charge in [0.2, 0.25) is 0 Å². The second-order valence-electron chi connectivity index (χ2n) is 3.39. The van der Waals surface area contributed by atoms with E-state index in [1.807, 2.05) is 0 Å². The largest absolute Gasteiger partial charge is 0.416 e. The molecule has 0 nitrogen and oxygen atoms in total. The fraction of sp³-hybridized carbons (Fsp3) is 0.400. The topological polar surface area (TPSA) is 0 Å². The van der Waals surface area contributed by atoms with Gasteiger partial charge in [0.15, 0.2) is 0 Å². The SMILES string of the molecule is CC(C)c1cc(C(F)(F)F)ccc1Cl. The number of rotatable bonds is 1. The van der Waals surface area contributed by atoms with Crippen LogP contribution >= 0.6 is 11.6 Å². The van der Waals surface area contributed by atoms with Crippen molar-refractivity contribution in [3.8, 4) is 0 Å². The molecule has 0 unspecified atom stereocenters. The van der Waals surface area contributed by atoms with Crippen LogP contribution in [-0.4, -0.2) is 0 Å². The third-order valence-electron chi connectivity index (χ3n) is 1.95. The summed E-state index contributed by atoms with van der Waals surface area (Å²) in [4.78, 5) is 0. The van der Waals surface area contributed by atoms with Gasteiger partial charge in [0.25, 0.3) is 0 Å². The molecule has 0 radical (unpaired) electrons. The molecule has 0 saturated heterocycles. The van der Waals surface area contributed by atoms with Crippen molar-refractivity contribution in [3.05, 3.63) is 34.3 Å². The van der Waals surface area contributed by atoms with E-state index in [9.17, 15) is 13.2 Å². The first-order valence-corrected chi connectivity index (χ1v) is 4.57. The second kappa shape index (κ2) is 3.81. The predicted molar refractivity (Wildman–Crippen MR) is 50.5 cm³/mol. The van der Waals surface area contributed by atoms with E-state index in [4.69, 9.17) is 11.6 Å². The van der Waals surface area contributed by atoms with Crippen LogP contribution in [-0.2, 0) is 6.18 Å². The smallest absolute Gasteiger partial charge is 0.166 e. The van der Waals surface area contributed by atoms with Crippen LogP contribution in [0.25, 0.3) is 0 Å². The van der Waals surface area contributed by atoms with Crippen LogP contribution in [0.2, 0.25) is 5.02 Å². The number of hydrogen-bond donors (Lipinski definition) is 0. The maximum Gasteiger partial charge on any atom is 0.416 e. The van der Waals surface area contributed by atoms with Gasteiger partial charge >= 0.3 is 6.18 Å². The summed E-state index contributed by atoms with van der Waals surface area (Å²) in [5, 5.41) is 0.382. The Balaban J connectivity index is 3.20. The first kappa shape index (κ1) is 11.4. The van der Waals surface area contributed by atoms with E-state index in [-0.39, 0.29) is 5.92 Å². The molecule has 0 fully saturated rings. The van der Waals surface area contributed by atoms with Crippen molar-refractivity contribution in [2.75, 3.05) is 0 Å². The third-order valence-corrected chi connectivity index (χ3v) is 2.29. The van der Waals surface area contributed by atoms with E-state index in [1.165, 1.54) is 6.07 Å². The lowest BCUT2D eigenvalue weighted by atomic mass is 10.0. The Morgan fingerprint density at radius 2 is 1.79 bits per heavy atom. The minimum absolute atomic E-state index is 0.00944. The molecule has 4 heteroatoms. The first-order chi connectivity index (χ1) is 6.32. The van der Waals surface area contributed by atoms with E-state index in [0.29, 0.717) is 10.6 Å². The average Bonchev–Trinajstić information content (AvgIpc) is 2.02. The van der Waals surface area contributed by atoms with Gasteiger partial charge in [-0.15, -0.1) is 0 Å². The van der Waals surface area contributed by atoms with Gasteiger partial charge in [0.05, 0.1) is 5.56 Å². The number of alkyl halides is 3. The highest BCUT2D eigenvalue weighted by atomic mass is 35.5. The minimum Gasteiger partial charge on any atom is -0.166 e. The quantitative estimate of drug-likeness (QED) is 0.657. The zero-order valence-corrected chi connectivity index (χ0v) is 8.58. The maximum atomic E-state index is 12.3. The van der Waals surface area contributed by atoms with E-state index < -0.39 is 11.7 Å². The molecule has 0 aromatic heterocycles. The van der Waals surface area contributed by atoms with Gasteiger partial charge in [-0.25, -0.2) is 0 Å². The molecule has 0 aliphatic rings. The predicted octanol–water partition coefficient (Wildman–Crippen LogP) is 4.48. The number of halogens is 4.